The first-order valence-electron chi connectivity index (χ1n) is 9.51. The molecule has 4 aromatic carbocycles. The van der Waals surface area contributed by atoms with E-state index in [-0.39, 0.29) is 33.2 Å². The van der Waals surface area contributed by atoms with Crippen molar-refractivity contribution < 1.29 is 8.78 Å². The van der Waals surface area contributed by atoms with Crippen molar-refractivity contribution in [1.29, 1.82) is 0 Å². The van der Waals surface area contributed by atoms with Gasteiger partial charge < -0.3 is 5.32 Å². The van der Waals surface area contributed by atoms with E-state index in [1.54, 1.807) is 0 Å². The maximum Gasteiger partial charge on any atom is 0.147 e. The largest absolute Gasteiger partial charge is 0.351 e. The monoisotopic (exact) mass is 397 g/mol. The Morgan fingerprint density at radius 1 is 0.548 bits per heavy atom. The summed E-state index contributed by atoms with van der Waals surface area (Å²) in [4.78, 5) is 0. The zero-order chi connectivity index (χ0) is 22.1. The van der Waals surface area contributed by atoms with Gasteiger partial charge in [0.05, 0.1) is 11.4 Å². The molecule has 0 bridgehead atoms. The van der Waals surface area contributed by atoms with Crippen molar-refractivity contribution in [2.24, 2.45) is 0 Å². The molecule has 4 rings (SSSR count). The summed E-state index contributed by atoms with van der Waals surface area (Å²) < 4.78 is 30.3. The highest BCUT2D eigenvalue weighted by Crippen LogP contribution is 2.36. The normalized spacial score (nSPS) is 10.8. The van der Waals surface area contributed by atoms with Gasteiger partial charge in [0, 0.05) is 5.56 Å². The maximum absolute atomic E-state index is 15.4. The van der Waals surface area contributed by atoms with Crippen molar-refractivity contribution in [2.45, 2.75) is 0 Å². The molecular weight excluding hydrogens is 384 g/mol. The topological polar surface area (TPSA) is 12.0 Å². The highest BCUT2D eigenvalue weighted by molar-refractivity contribution is 6.63. The highest BCUT2D eigenvalue weighted by Gasteiger charge is 2.19. The fourth-order valence-electron chi connectivity index (χ4n) is 3.42. The van der Waals surface area contributed by atoms with Gasteiger partial charge >= 0.3 is 0 Å². The minimum absolute atomic E-state index is 0.0417. The van der Waals surface area contributed by atoms with Crippen LogP contribution in [0, 0.1) is 11.6 Å². The molecule has 0 amide bonds. The summed E-state index contributed by atoms with van der Waals surface area (Å²) in [6.07, 6.45) is 0. The summed E-state index contributed by atoms with van der Waals surface area (Å²) in [5, 5.41) is 2.77. The summed E-state index contributed by atoms with van der Waals surface area (Å²) in [7, 11) is 23.3. The molecule has 7 heteroatoms. The number of nitrogens with one attached hydrogen (secondary N) is 1. The first kappa shape index (κ1) is 21.0. The van der Waals surface area contributed by atoms with Crippen LogP contribution in [0.5, 0.6) is 0 Å². The van der Waals surface area contributed by atoms with E-state index in [4.69, 9.17) is 31.4 Å². The summed E-state index contributed by atoms with van der Waals surface area (Å²) in [5.74, 6) is -1.48. The molecule has 0 aliphatic carbocycles. The fraction of sp³-hybridized carbons (Fsp3) is 0. The van der Waals surface area contributed by atoms with Crippen molar-refractivity contribution >= 4 is 64.6 Å². The summed E-state index contributed by atoms with van der Waals surface area (Å²) >= 11 is 0. The van der Waals surface area contributed by atoms with E-state index < -0.39 is 11.6 Å². The van der Waals surface area contributed by atoms with Gasteiger partial charge in [0.2, 0.25) is 0 Å². The molecule has 0 unspecified atom stereocenters. The van der Waals surface area contributed by atoms with Crippen molar-refractivity contribution in [1.82, 2.24) is 0 Å². The third-order valence-electron chi connectivity index (χ3n) is 5.13. The van der Waals surface area contributed by atoms with Crippen LogP contribution in [0.3, 0.4) is 0 Å². The lowest BCUT2D eigenvalue weighted by atomic mass is 9.66. The molecule has 0 saturated heterocycles. The van der Waals surface area contributed by atoms with Crippen LogP contribution in [-0.2, 0) is 0 Å². The first-order valence-corrected chi connectivity index (χ1v) is 9.51. The van der Waals surface area contributed by atoms with Crippen molar-refractivity contribution in [2.75, 3.05) is 5.32 Å². The molecule has 0 aliphatic heterocycles. The molecule has 1 nitrogen and oxygen atoms in total. The van der Waals surface area contributed by atoms with Gasteiger partial charge in [0.15, 0.2) is 0 Å². The third-order valence-corrected chi connectivity index (χ3v) is 5.13. The van der Waals surface area contributed by atoms with Gasteiger partial charge in [0.25, 0.3) is 0 Å². The summed E-state index contributed by atoms with van der Waals surface area (Å²) in [5.41, 5.74) is 1.88. The van der Waals surface area contributed by atoms with Crippen LogP contribution >= 0.6 is 0 Å². The molecule has 0 fully saturated rings. The Balaban J connectivity index is 1.93. The Bertz CT molecular complexity index is 1230. The molecule has 0 heterocycles. The quantitative estimate of drug-likeness (QED) is 0.522. The van der Waals surface area contributed by atoms with Crippen LogP contribution in [0.1, 0.15) is 0 Å². The van der Waals surface area contributed by atoms with Gasteiger partial charge in [-0.3, -0.25) is 0 Å². The van der Waals surface area contributed by atoms with Gasteiger partial charge in [0.1, 0.15) is 43.0 Å². The Morgan fingerprint density at radius 3 is 1.71 bits per heavy atom. The highest BCUT2D eigenvalue weighted by atomic mass is 19.1. The van der Waals surface area contributed by atoms with E-state index in [0.717, 1.165) is 11.1 Å². The minimum Gasteiger partial charge on any atom is -0.351 e. The SMILES string of the molecule is [B]c1c([B])c([B])c(Nc2c(F)cc(-c3ccccc3)cc2-c2ccccc2)c(F)c1[B]. The average Bonchev–Trinajstić information content (AvgIpc) is 2.81. The molecule has 0 saturated carbocycles. The smallest absolute Gasteiger partial charge is 0.147 e. The van der Waals surface area contributed by atoms with E-state index in [1.807, 2.05) is 66.7 Å². The Hall–Kier alpha value is -3.20. The lowest BCUT2D eigenvalue weighted by Gasteiger charge is -2.22. The van der Waals surface area contributed by atoms with Crippen LogP contribution < -0.4 is 27.2 Å². The zero-order valence-corrected chi connectivity index (χ0v) is 16.5. The Morgan fingerprint density at radius 2 is 1.10 bits per heavy atom. The van der Waals surface area contributed by atoms with Gasteiger partial charge in [-0.2, -0.15) is 0 Å². The second-order valence-corrected chi connectivity index (χ2v) is 7.08. The van der Waals surface area contributed by atoms with Gasteiger partial charge in [-0.05, 0) is 28.8 Å². The molecular formula is C24H13B4F2N. The fourth-order valence-corrected chi connectivity index (χ4v) is 3.42. The standard InChI is InChI=1S/C24H13B4F2N/c25-18-19(26)21(28)24(22(30)20(18)27)31-23-16(14-9-5-2-6-10-14)11-15(12-17(23)29)13-7-3-1-4-8-13/h1-12,31H. The number of benzene rings is 4. The molecule has 0 aromatic heterocycles. The zero-order valence-electron chi connectivity index (χ0n) is 16.5. The van der Waals surface area contributed by atoms with Crippen molar-refractivity contribution in [3.63, 3.8) is 0 Å². The predicted molar refractivity (Wildman–Crippen MR) is 129 cm³/mol. The Labute approximate surface area is 185 Å². The minimum atomic E-state index is -0.894. The Kier molecular flexibility index (Phi) is 5.77. The number of anilines is 2. The van der Waals surface area contributed by atoms with Crippen molar-refractivity contribution in [3.05, 3.63) is 84.4 Å². The third kappa shape index (κ3) is 3.93. The summed E-state index contributed by atoms with van der Waals surface area (Å²) in [6, 6.07) is 21.8. The van der Waals surface area contributed by atoms with E-state index >= 15 is 4.39 Å². The molecule has 0 atom stereocenters. The van der Waals surface area contributed by atoms with E-state index in [0.29, 0.717) is 11.1 Å². The van der Waals surface area contributed by atoms with Crippen LogP contribution in [0.25, 0.3) is 22.3 Å². The van der Waals surface area contributed by atoms with Crippen molar-refractivity contribution in [3.8, 4) is 22.3 Å². The second-order valence-electron chi connectivity index (χ2n) is 7.08. The van der Waals surface area contributed by atoms with Gasteiger partial charge in [-0.15, -0.1) is 10.9 Å². The molecule has 1 N–H and O–H groups in total. The van der Waals surface area contributed by atoms with E-state index in [1.165, 1.54) is 6.07 Å². The lowest BCUT2D eigenvalue weighted by molar-refractivity contribution is 0.630. The van der Waals surface area contributed by atoms with Crippen LogP contribution in [0.4, 0.5) is 20.2 Å². The number of rotatable bonds is 4. The lowest BCUT2D eigenvalue weighted by Crippen LogP contribution is -2.49. The molecule has 0 aliphatic rings. The average molecular weight is 397 g/mol. The van der Waals surface area contributed by atoms with Gasteiger partial charge in [-0.1, -0.05) is 71.6 Å². The van der Waals surface area contributed by atoms with Crippen LogP contribution in [0.2, 0.25) is 0 Å². The van der Waals surface area contributed by atoms with E-state index in [2.05, 4.69) is 5.32 Å². The number of halogens is 2. The van der Waals surface area contributed by atoms with Crippen LogP contribution in [0.15, 0.2) is 72.8 Å². The number of hydrogen-bond acceptors (Lipinski definition) is 1. The molecule has 0 spiro atoms. The predicted octanol–water partition coefficient (Wildman–Crippen LogP) is 2.22. The molecule has 31 heavy (non-hydrogen) atoms. The molecule has 4 aromatic rings. The van der Waals surface area contributed by atoms with E-state index in [9.17, 15) is 4.39 Å². The molecule has 8 radical (unpaired) electrons. The molecule has 140 valence electrons. The second kappa shape index (κ2) is 8.50. The maximum atomic E-state index is 15.4. The number of hydrogen-bond donors (Lipinski definition) is 1. The van der Waals surface area contributed by atoms with Gasteiger partial charge in [-0.25, -0.2) is 8.78 Å². The van der Waals surface area contributed by atoms with Crippen LogP contribution in [-0.4, -0.2) is 31.4 Å². The first-order chi connectivity index (χ1) is 14.9. The summed E-state index contributed by atoms with van der Waals surface area (Å²) in [6.45, 7) is 0.